The molecule has 0 saturated heterocycles. The lowest BCUT2D eigenvalue weighted by molar-refractivity contribution is 0.157. The highest BCUT2D eigenvalue weighted by molar-refractivity contribution is 7.11. The van der Waals surface area contributed by atoms with E-state index in [1.54, 1.807) is 18.4 Å². The first-order chi connectivity index (χ1) is 7.54. The van der Waals surface area contributed by atoms with Crippen LogP contribution in [0.2, 0.25) is 0 Å². The molecule has 0 radical (unpaired) electrons. The van der Waals surface area contributed by atoms with E-state index in [0.717, 1.165) is 23.9 Å². The van der Waals surface area contributed by atoms with E-state index in [4.69, 9.17) is 4.74 Å². The van der Waals surface area contributed by atoms with Crippen LogP contribution >= 0.6 is 11.3 Å². The molecule has 1 aromatic rings. The Labute approximate surface area is 102 Å². The van der Waals surface area contributed by atoms with Gasteiger partial charge in [-0.2, -0.15) is 0 Å². The molecule has 92 valence electrons. The van der Waals surface area contributed by atoms with Gasteiger partial charge in [0, 0.05) is 31.2 Å². The Morgan fingerprint density at radius 2 is 2.06 bits per heavy atom. The van der Waals surface area contributed by atoms with Crippen molar-refractivity contribution < 1.29 is 4.74 Å². The van der Waals surface area contributed by atoms with Crippen molar-refractivity contribution in [3.05, 3.63) is 15.6 Å². The third-order valence-corrected chi connectivity index (χ3v) is 3.81. The summed E-state index contributed by atoms with van der Waals surface area (Å²) < 4.78 is 5.12. The number of thiazole rings is 1. The molecule has 16 heavy (non-hydrogen) atoms. The SMILES string of the molecule is COCC(C)CNC(C)c1sc(C)nc1C. The minimum absolute atomic E-state index is 0.380. The van der Waals surface area contributed by atoms with Gasteiger partial charge in [0.05, 0.1) is 10.7 Å². The molecule has 0 spiro atoms. The zero-order valence-electron chi connectivity index (χ0n) is 10.8. The Hall–Kier alpha value is -0.450. The van der Waals surface area contributed by atoms with Crippen LogP contribution in [0.1, 0.15) is 35.5 Å². The van der Waals surface area contributed by atoms with Crippen LogP contribution < -0.4 is 5.32 Å². The summed E-state index contributed by atoms with van der Waals surface area (Å²) in [5, 5.41) is 4.67. The van der Waals surface area contributed by atoms with Gasteiger partial charge >= 0.3 is 0 Å². The molecule has 0 aliphatic rings. The van der Waals surface area contributed by atoms with Crippen LogP contribution in [0.15, 0.2) is 0 Å². The molecule has 1 aromatic heterocycles. The first-order valence-electron chi connectivity index (χ1n) is 5.70. The fourth-order valence-electron chi connectivity index (χ4n) is 1.76. The Bertz CT molecular complexity index is 325. The highest BCUT2D eigenvalue weighted by atomic mass is 32.1. The predicted octanol–water partition coefficient (Wildman–Crippen LogP) is 2.69. The molecule has 1 heterocycles. The molecule has 0 aromatic carbocycles. The number of nitrogens with one attached hydrogen (secondary N) is 1. The van der Waals surface area contributed by atoms with Crippen LogP contribution in [0.25, 0.3) is 0 Å². The molecule has 2 atom stereocenters. The maximum Gasteiger partial charge on any atom is 0.0900 e. The normalized spacial score (nSPS) is 15.1. The van der Waals surface area contributed by atoms with Gasteiger partial charge in [0.25, 0.3) is 0 Å². The average Bonchev–Trinajstić information content (AvgIpc) is 2.55. The number of aromatic nitrogens is 1. The monoisotopic (exact) mass is 242 g/mol. The largest absolute Gasteiger partial charge is 0.384 e. The molecular formula is C12H22N2OS. The van der Waals surface area contributed by atoms with Crippen molar-refractivity contribution in [3.63, 3.8) is 0 Å². The molecule has 0 aliphatic heterocycles. The summed E-state index contributed by atoms with van der Waals surface area (Å²) in [6.45, 7) is 10.3. The van der Waals surface area contributed by atoms with Crippen molar-refractivity contribution in [2.45, 2.75) is 33.7 Å². The summed E-state index contributed by atoms with van der Waals surface area (Å²) in [6.07, 6.45) is 0. The predicted molar refractivity (Wildman–Crippen MR) is 69.0 cm³/mol. The van der Waals surface area contributed by atoms with Gasteiger partial charge in [-0.15, -0.1) is 11.3 Å². The molecule has 0 bridgehead atoms. The standard InChI is InChI=1S/C12H22N2OS/c1-8(7-15-5)6-13-9(2)12-10(3)14-11(4)16-12/h8-9,13H,6-7H2,1-5H3. The summed E-state index contributed by atoms with van der Waals surface area (Å²) in [7, 11) is 1.75. The number of ether oxygens (including phenoxy) is 1. The first kappa shape index (κ1) is 13.6. The van der Waals surface area contributed by atoms with Gasteiger partial charge < -0.3 is 10.1 Å². The number of aryl methyl sites for hydroxylation is 2. The van der Waals surface area contributed by atoms with Crippen molar-refractivity contribution in [1.82, 2.24) is 10.3 Å². The van der Waals surface area contributed by atoms with Crippen LogP contribution in [0.4, 0.5) is 0 Å². The minimum Gasteiger partial charge on any atom is -0.384 e. The van der Waals surface area contributed by atoms with E-state index in [-0.39, 0.29) is 0 Å². The maximum atomic E-state index is 5.12. The Balaban J connectivity index is 2.46. The molecule has 2 unspecified atom stereocenters. The van der Waals surface area contributed by atoms with Gasteiger partial charge in [0.1, 0.15) is 0 Å². The summed E-state index contributed by atoms with van der Waals surface area (Å²) in [4.78, 5) is 5.80. The van der Waals surface area contributed by atoms with Gasteiger partial charge in [-0.05, 0) is 26.7 Å². The van der Waals surface area contributed by atoms with Gasteiger partial charge in [0.2, 0.25) is 0 Å². The van der Waals surface area contributed by atoms with Crippen molar-refractivity contribution >= 4 is 11.3 Å². The number of hydrogen-bond acceptors (Lipinski definition) is 4. The highest BCUT2D eigenvalue weighted by Gasteiger charge is 2.13. The van der Waals surface area contributed by atoms with E-state index in [2.05, 4.69) is 38.0 Å². The minimum atomic E-state index is 0.380. The van der Waals surface area contributed by atoms with Crippen LogP contribution in [0, 0.1) is 19.8 Å². The van der Waals surface area contributed by atoms with Crippen molar-refractivity contribution in [3.8, 4) is 0 Å². The summed E-state index contributed by atoms with van der Waals surface area (Å²) in [5.41, 5.74) is 1.15. The second-order valence-electron chi connectivity index (χ2n) is 4.37. The smallest absolute Gasteiger partial charge is 0.0900 e. The molecule has 0 aliphatic carbocycles. The third-order valence-electron chi connectivity index (χ3n) is 2.56. The lowest BCUT2D eigenvalue weighted by Gasteiger charge is -2.16. The fraction of sp³-hybridized carbons (Fsp3) is 0.750. The molecule has 1 rings (SSSR count). The number of hydrogen-bond donors (Lipinski definition) is 1. The topological polar surface area (TPSA) is 34.1 Å². The van der Waals surface area contributed by atoms with Crippen molar-refractivity contribution in [2.24, 2.45) is 5.92 Å². The van der Waals surface area contributed by atoms with E-state index in [0.29, 0.717) is 12.0 Å². The summed E-state index contributed by atoms with van der Waals surface area (Å²) >= 11 is 1.78. The van der Waals surface area contributed by atoms with Crippen LogP contribution in [0.3, 0.4) is 0 Å². The lowest BCUT2D eigenvalue weighted by atomic mass is 10.1. The van der Waals surface area contributed by atoms with E-state index in [1.807, 2.05) is 0 Å². The van der Waals surface area contributed by atoms with Crippen molar-refractivity contribution in [1.29, 1.82) is 0 Å². The van der Waals surface area contributed by atoms with Crippen LogP contribution in [-0.2, 0) is 4.74 Å². The van der Waals surface area contributed by atoms with E-state index in [9.17, 15) is 0 Å². The number of rotatable bonds is 6. The Morgan fingerprint density at radius 1 is 1.38 bits per heavy atom. The molecule has 1 N–H and O–H groups in total. The molecule has 3 nitrogen and oxygen atoms in total. The van der Waals surface area contributed by atoms with Gasteiger partial charge in [-0.3, -0.25) is 0 Å². The molecule has 0 amide bonds. The Kier molecular flexibility index (Phi) is 5.38. The highest BCUT2D eigenvalue weighted by Crippen LogP contribution is 2.24. The van der Waals surface area contributed by atoms with Gasteiger partial charge in [-0.1, -0.05) is 6.92 Å². The molecule has 0 fully saturated rings. The Morgan fingerprint density at radius 3 is 2.56 bits per heavy atom. The van der Waals surface area contributed by atoms with E-state index in [1.165, 1.54) is 4.88 Å². The third kappa shape index (κ3) is 3.85. The average molecular weight is 242 g/mol. The summed E-state index contributed by atoms with van der Waals surface area (Å²) in [6, 6.07) is 0.380. The van der Waals surface area contributed by atoms with Gasteiger partial charge in [0.15, 0.2) is 0 Å². The van der Waals surface area contributed by atoms with E-state index < -0.39 is 0 Å². The van der Waals surface area contributed by atoms with Crippen LogP contribution in [0.5, 0.6) is 0 Å². The molecule has 4 heteroatoms. The fourth-order valence-corrected chi connectivity index (χ4v) is 2.72. The maximum absolute atomic E-state index is 5.12. The lowest BCUT2D eigenvalue weighted by Crippen LogP contribution is -2.26. The zero-order chi connectivity index (χ0) is 12.1. The molecule has 0 saturated carbocycles. The zero-order valence-corrected chi connectivity index (χ0v) is 11.6. The first-order valence-corrected chi connectivity index (χ1v) is 6.52. The summed E-state index contributed by atoms with van der Waals surface area (Å²) in [5.74, 6) is 0.543. The van der Waals surface area contributed by atoms with Crippen LogP contribution in [-0.4, -0.2) is 25.2 Å². The van der Waals surface area contributed by atoms with Gasteiger partial charge in [-0.25, -0.2) is 4.98 Å². The second kappa shape index (κ2) is 6.33. The number of methoxy groups -OCH3 is 1. The quantitative estimate of drug-likeness (QED) is 0.833. The number of nitrogens with zero attached hydrogens (tertiary/aromatic N) is 1. The van der Waals surface area contributed by atoms with Crippen molar-refractivity contribution in [2.75, 3.05) is 20.3 Å². The van der Waals surface area contributed by atoms with E-state index >= 15 is 0 Å². The second-order valence-corrected chi connectivity index (χ2v) is 5.61. The molecular weight excluding hydrogens is 220 g/mol.